The number of para-hydroxylation sites is 1. The van der Waals surface area contributed by atoms with Crippen LogP contribution in [0.1, 0.15) is 32.0 Å². The first kappa shape index (κ1) is 15.2. The van der Waals surface area contributed by atoms with E-state index in [4.69, 9.17) is 5.11 Å². The normalized spacial score (nSPS) is 12.5. The van der Waals surface area contributed by atoms with Gasteiger partial charge >= 0.3 is 5.97 Å². The summed E-state index contributed by atoms with van der Waals surface area (Å²) in [6.07, 6.45) is 2.74. The highest BCUT2D eigenvalue weighted by molar-refractivity contribution is 5.69. The fourth-order valence-corrected chi connectivity index (χ4v) is 2.23. The van der Waals surface area contributed by atoms with Crippen molar-refractivity contribution in [3.63, 3.8) is 0 Å². The molecule has 0 bridgehead atoms. The van der Waals surface area contributed by atoms with Crippen molar-refractivity contribution in [3.05, 3.63) is 42.2 Å². The van der Waals surface area contributed by atoms with Crippen molar-refractivity contribution in [2.75, 3.05) is 13.1 Å². The Morgan fingerprint density at radius 2 is 2.10 bits per heavy atom. The van der Waals surface area contributed by atoms with E-state index in [1.165, 1.54) is 0 Å². The first-order chi connectivity index (χ1) is 10.1. The van der Waals surface area contributed by atoms with E-state index in [1.807, 2.05) is 55.3 Å². The van der Waals surface area contributed by atoms with Gasteiger partial charge in [0.25, 0.3) is 0 Å². The molecule has 21 heavy (non-hydrogen) atoms. The maximum atomic E-state index is 11.0. The molecule has 6 nitrogen and oxygen atoms in total. The van der Waals surface area contributed by atoms with Crippen molar-refractivity contribution in [1.82, 2.24) is 19.9 Å². The van der Waals surface area contributed by atoms with E-state index >= 15 is 0 Å². The molecule has 1 unspecified atom stereocenters. The Hall–Kier alpha value is -2.21. The van der Waals surface area contributed by atoms with Gasteiger partial charge in [0, 0.05) is 0 Å². The second kappa shape index (κ2) is 6.99. The molecule has 2 rings (SSSR count). The molecule has 0 spiro atoms. The van der Waals surface area contributed by atoms with E-state index in [1.54, 1.807) is 4.68 Å². The summed E-state index contributed by atoms with van der Waals surface area (Å²) in [7, 11) is 0. The molecule has 1 atom stereocenters. The number of nitrogens with zero attached hydrogens (tertiary/aromatic N) is 4. The third kappa shape index (κ3) is 3.88. The standard InChI is InChI=1S/C15H20N4O2/c1-3-9-18(11-15(20)21)12(2)14-10-19(17-16-14)13-7-5-4-6-8-13/h4-8,10,12H,3,9,11H2,1-2H3,(H,20,21). The molecule has 0 saturated heterocycles. The second-order valence-electron chi connectivity index (χ2n) is 4.96. The molecule has 6 heteroatoms. The van der Waals surface area contributed by atoms with Crippen molar-refractivity contribution in [2.24, 2.45) is 0 Å². The minimum Gasteiger partial charge on any atom is -0.480 e. The summed E-state index contributed by atoms with van der Waals surface area (Å²) in [5.41, 5.74) is 1.71. The molecule has 0 aliphatic rings. The van der Waals surface area contributed by atoms with Crippen molar-refractivity contribution in [3.8, 4) is 5.69 Å². The van der Waals surface area contributed by atoms with Crippen molar-refractivity contribution in [2.45, 2.75) is 26.3 Å². The lowest BCUT2D eigenvalue weighted by Gasteiger charge is -2.25. The minimum atomic E-state index is -0.828. The van der Waals surface area contributed by atoms with Gasteiger partial charge in [0.1, 0.15) is 5.69 Å². The molecule has 0 saturated carbocycles. The predicted octanol–water partition coefficient (Wildman–Crippen LogP) is 2.12. The van der Waals surface area contributed by atoms with Gasteiger partial charge < -0.3 is 5.11 Å². The number of aliphatic carboxylic acids is 1. The number of carboxylic acids is 1. The molecular weight excluding hydrogens is 268 g/mol. The van der Waals surface area contributed by atoms with Crippen LogP contribution in [0.15, 0.2) is 36.5 Å². The molecule has 0 radical (unpaired) electrons. The van der Waals surface area contributed by atoms with E-state index in [0.29, 0.717) is 6.54 Å². The quantitative estimate of drug-likeness (QED) is 0.845. The van der Waals surface area contributed by atoms with Crippen molar-refractivity contribution in [1.29, 1.82) is 0 Å². The summed E-state index contributed by atoms with van der Waals surface area (Å²) in [6, 6.07) is 9.63. The summed E-state index contributed by atoms with van der Waals surface area (Å²) < 4.78 is 1.71. The lowest BCUT2D eigenvalue weighted by atomic mass is 10.2. The summed E-state index contributed by atoms with van der Waals surface area (Å²) in [4.78, 5) is 12.9. The molecule has 0 aliphatic heterocycles. The zero-order valence-corrected chi connectivity index (χ0v) is 12.3. The Balaban J connectivity index is 2.17. The highest BCUT2D eigenvalue weighted by Gasteiger charge is 2.20. The highest BCUT2D eigenvalue weighted by Crippen LogP contribution is 2.18. The Kier molecular flexibility index (Phi) is 5.05. The van der Waals surface area contributed by atoms with Crippen molar-refractivity contribution < 1.29 is 9.90 Å². The van der Waals surface area contributed by atoms with Gasteiger partial charge in [0.15, 0.2) is 0 Å². The van der Waals surface area contributed by atoms with Crippen LogP contribution in [0.3, 0.4) is 0 Å². The van der Waals surface area contributed by atoms with Crippen LogP contribution < -0.4 is 0 Å². The topological polar surface area (TPSA) is 71.2 Å². The molecule has 2 aromatic rings. The van der Waals surface area contributed by atoms with Crippen LogP contribution in [-0.4, -0.2) is 44.1 Å². The van der Waals surface area contributed by atoms with Crippen LogP contribution in [-0.2, 0) is 4.79 Å². The van der Waals surface area contributed by atoms with E-state index < -0.39 is 5.97 Å². The summed E-state index contributed by atoms with van der Waals surface area (Å²) in [6.45, 7) is 4.71. The lowest BCUT2D eigenvalue weighted by Crippen LogP contribution is -2.33. The zero-order chi connectivity index (χ0) is 15.2. The monoisotopic (exact) mass is 288 g/mol. The number of aromatic nitrogens is 3. The van der Waals surface area contributed by atoms with Gasteiger partial charge in [-0.15, -0.1) is 5.10 Å². The molecule has 0 fully saturated rings. The van der Waals surface area contributed by atoms with Crippen LogP contribution in [0.5, 0.6) is 0 Å². The fourth-order valence-electron chi connectivity index (χ4n) is 2.23. The fraction of sp³-hybridized carbons (Fsp3) is 0.400. The van der Waals surface area contributed by atoms with E-state index in [-0.39, 0.29) is 12.6 Å². The summed E-state index contributed by atoms with van der Waals surface area (Å²) in [5, 5.41) is 17.3. The van der Waals surface area contributed by atoms with Crippen molar-refractivity contribution >= 4 is 5.97 Å². The number of carboxylic acid groups (broad SMARTS) is 1. The van der Waals surface area contributed by atoms with Crippen LogP contribution >= 0.6 is 0 Å². The largest absolute Gasteiger partial charge is 0.480 e. The molecule has 0 aliphatic carbocycles. The molecule has 1 aromatic heterocycles. The number of rotatable bonds is 7. The van der Waals surface area contributed by atoms with E-state index in [2.05, 4.69) is 10.3 Å². The first-order valence-corrected chi connectivity index (χ1v) is 7.05. The average Bonchev–Trinajstić information content (AvgIpc) is 2.96. The van der Waals surface area contributed by atoms with Gasteiger partial charge in [-0.25, -0.2) is 4.68 Å². The third-order valence-electron chi connectivity index (χ3n) is 3.36. The number of hydrogen-bond donors (Lipinski definition) is 1. The molecule has 1 heterocycles. The third-order valence-corrected chi connectivity index (χ3v) is 3.36. The maximum Gasteiger partial charge on any atom is 0.317 e. The van der Waals surface area contributed by atoms with Crippen LogP contribution in [0.2, 0.25) is 0 Å². The van der Waals surface area contributed by atoms with Crippen LogP contribution in [0.25, 0.3) is 5.69 Å². The van der Waals surface area contributed by atoms with Gasteiger partial charge in [-0.3, -0.25) is 9.69 Å². The summed E-state index contributed by atoms with van der Waals surface area (Å²) in [5.74, 6) is -0.828. The molecule has 112 valence electrons. The van der Waals surface area contributed by atoms with Crippen LogP contribution in [0, 0.1) is 0 Å². The predicted molar refractivity (Wildman–Crippen MR) is 79.3 cm³/mol. The zero-order valence-electron chi connectivity index (χ0n) is 12.3. The van der Waals surface area contributed by atoms with Gasteiger partial charge in [-0.05, 0) is 32.0 Å². The number of carbonyl (C=O) groups is 1. The second-order valence-corrected chi connectivity index (χ2v) is 4.96. The van der Waals surface area contributed by atoms with Gasteiger partial charge in [0.2, 0.25) is 0 Å². The van der Waals surface area contributed by atoms with Gasteiger partial charge in [0.05, 0.1) is 24.5 Å². The Morgan fingerprint density at radius 1 is 1.38 bits per heavy atom. The molecule has 1 aromatic carbocycles. The Labute approximate surface area is 124 Å². The SMILES string of the molecule is CCCN(CC(=O)O)C(C)c1cn(-c2ccccc2)nn1. The Morgan fingerprint density at radius 3 is 2.71 bits per heavy atom. The molecule has 0 amide bonds. The Bertz CT molecular complexity index is 582. The van der Waals surface area contributed by atoms with Crippen LogP contribution in [0.4, 0.5) is 0 Å². The number of hydrogen-bond acceptors (Lipinski definition) is 4. The highest BCUT2D eigenvalue weighted by atomic mass is 16.4. The van der Waals surface area contributed by atoms with Gasteiger partial charge in [-0.2, -0.15) is 0 Å². The van der Waals surface area contributed by atoms with Gasteiger partial charge in [-0.1, -0.05) is 30.3 Å². The molecule has 1 N–H and O–H groups in total. The van der Waals surface area contributed by atoms with E-state index in [0.717, 1.165) is 17.8 Å². The molecular formula is C15H20N4O2. The minimum absolute atomic E-state index is 0.00715. The first-order valence-electron chi connectivity index (χ1n) is 7.05. The number of benzene rings is 1. The maximum absolute atomic E-state index is 11.0. The van der Waals surface area contributed by atoms with E-state index in [9.17, 15) is 4.79 Å². The lowest BCUT2D eigenvalue weighted by molar-refractivity contribution is -0.138. The average molecular weight is 288 g/mol. The summed E-state index contributed by atoms with van der Waals surface area (Å²) >= 11 is 0. The smallest absolute Gasteiger partial charge is 0.317 e.